The second kappa shape index (κ2) is 8.28. The maximum Gasteiger partial charge on any atom is 0.232 e. The van der Waals surface area contributed by atoms with Crippen LogP contribution in [0.3, 0.4) is 0 Å². The molecule has 1 N–H and O–H groups in total. The minimum Gasteiger partial charge on any atom is -0.369 e. The second-order valence-electron chi connectivity index (χ2n) is 7.33. The molecule has 0 amide bonds. The maximum atomic E-state index is 12.7. The van der Waals surface area contributed by atoms with E-state index in [0.29, 0.717) is 19.4 Å². The minimum absolute atomic E-state index is 0.0414. The molecule has 0 radical (unpaired) electrons. The zero-order valence-electron chi connectivity index (χ0n) is 17.1. The second-order valence-corrected chi connectivity index (χ2v) is 8.53. The van der Waals surface area contributed by atoms with E-state index >= 15 is 0 Å². The molecule has 0 saturated carbocycles. The van der Waals surface area contributed by atoms with Gasteiger partial charge in [0.2, 0.25) is 5.91 Å². The molecule has 0 atom stereocenters. The summed E-state index contributed by atoms with van der Waals surface area (Å²) in [7, 11) is 0. The van der Waals surface area contributed by atoms with E-state index in [2.05, 4.69) is 39.3 Å². The summed E-state index contributed by atoms with van der Waals surface area (Å²) in [5.41, 5.74) is 4.01. The minimum atomic E-state index is 0.0414. The van der Waals surface area contributed by atoms with Crippen molar-refractivity contribution in [1.82, 2.24) is 19.5 Å². The smallest absolute Gasteiger partial charge is 0.232 e. The third-order valence-electron chi connectivity index (χ3n) is 5.31. The number of thiophene rings is 1. The average Bonchev–Trinajstić information content (AvgIpc) is 3.38. The number of carbonyl (C=O) groups is 1. The normalized spacial score (nSPS) is 11.3. The predicted octanol–water partition coefficient (Wildman–Crippen LogP) is 5.55. The molecular weight excluding hydrogens is 406 g/mol. The highest BCUT2D eigenvalue weighted by molar-refractivity contribution is 7.19. The summed E-state index contributed by atoms with van der Waals surface area (Å²) >= 11 is 1.68. The molecule has 5 rings (SSSR count). The molecule has 0 unspecified atom stereocenters. The fourth-order valence-electron chi connectivity index (χ4n) is 3.86. The molecule has 154 valence electrons. The highest BCUT2D eigenvalue weighted by Crippen LogP contribution is 2.40. The lowest BCUT2D eigenvalue weighted by Gasteiger charge is -2.09. The Hall–Kier alpha value is -3.58. The number of para-hydroxylation sites is 2. The number of fused-ring (bicyclic) bond motifs is 2. The van der Waals surface area contributed by atoms with Crippen LogP contribution in [0.15, 0.2) is 67.3 Å². The number of hydrogen-bond donors (Lipinski definition) is 1. The molecule has 0 fully saturated rings. The van der Waals surface area contributed by atoms with Crippen molar-refractivity contribution in [2.45, 2.75) is 19.8 Å². The van der Waals surface area contributed by atoms with Gasteiger partial charge in [0.1, 0.15) is 23.3 Å². The molecule has 5 aromatic rings. The van der Waals surface area contributed by atoms with Gasteiger partial charge >= 0.3 is 0 Å². The maximum absolute atomic E-state index is 12.7. The summed E-state index contributed by atoms with van der Waals surface area (Å²) in [5, 5.41) is 4.47. The lowest BCUT2D eigenvalue weighted by atomic mass is 10.0. The lowest BCUT2D eigenvalue weighted by molar-refractivity contribution is 0.0906. The van der Waals surface area contributed by atoms with Gasteiger partial charge in [-0.3, -0.25) is 9.36 Å². The molecule has 3 heterocycles. The Labute approximate surface area is 183 Å². The number of carbonyl (C=O) groups excluding carboxylic acids is 1. The van der Waals surface area contributed by atoms with Gasteiger partial charge in [0.25, 0.3) is 0 Å². The van der Waals surface area contributed by atoms with Gasteiger partial charge in [0.15, 0.2) is 0 Å². The Morgan fingerprint density at radius 1 is 1.03 bits per heavy atom. The first-order valence-corrected chi connectivity index (χ1v) is 11.0. The van der Waals surface area contributed by atoms with Gasteiger partial charge in [-0.05, 0) is 31.0 Å². The third kappa shape index (κ3) is 3.68. The molecule has 0 aliphatic rings. The Kier molecular flexibility index (Phi) is 5.18. The summed E-state index contributed by atoms with van der Waals surface area (Å²) in [5.74, 6) is 0.855. The molecular formula is C24H21N5OS. The quantitative estimate of drug-likeness (QED) is 0.360. The van der Waals surface area contributed by atoms with E-state index in [1.54, 1.807) is 28.6 Å². The van der Waals surface area contributed by atoms with Crippen molar-refractivity contribution in [1.29, 1.82) is 0 Å². The summed E-state index contributed by atoms with van der Waals surface area (Å²) < 4.78 is 1.63. The SMILES string of the molecule is Cc1sc2ncnc(NCCCC(=O)n3cnc4ccccc43)c2c1-c1ccccc1. The Balaban J connectivity index is 1.32. The highest BCUT2D eigenvalue weighted by Gasteiger charge is 2.16. The van der Waals surface area contributed by atoms with Gasteiger partial charge in [-0.1, -0.05) is 42.5 Å². The van der Waals surface area contributed by atoms with Crippen LogP contribution in [0.2, 0.25) is 0 Å². The summed E-state index contributed by atoms with van der Waals surface area (Å²) in [4.78, 5) is 28.1. The summed E-state index contributed by atoms with van der Waals surface area (Å²) in [6.45, 7) is 2.76. The number of aromatic nitrogens is 4. The van der Waals surface area contributed by atoms with Crippen molar-refractivity contribution in [3.05, 3.63) is 72.1 Å². The van der Waals surface area contributed by atoms with Crippen LogP contribution in [-0.4, -0.2) is 32.0 Å². The van der Waals surface area contributed by atoms with Crippen molar-refractivity contribution in [3.8, 4) is 11.1 Å². The summed E-state index contributed by atoms with van der Waals surface area (Å²) in [6.07, 6.45) is 4.32. The highest BCUT2D eigenvalue weighted by atomic mass is 32.1. The molecule has 0 saturated heterocycles. The fourth-order valence-corrected chi connectivity index (χ4v) is 4.87. The Morgan fingerprint density at radius 2 is 1.84 bits per heavy atom. The molecule has 2 aromatic carbocycles. The van der Waals surface area contributed by atoms with E-state index in [4.69, 9.17) is 0 Å². The van der Waals surface area contributed by atoms with Crippen molar-refractivity contribution >= 4 is 44.3 Å². The Morgan fingerprint density at radius 3 is 2.71 bits per heavy atom. The van der Waals surface area contributed by atoms with E-state index in [1.807, 2.05) is 42.5 Å². The summed E-state index contributed by atoms with van der Waals surface area (Å²) in [6, 6.07) is 18.0. The van der Waals surface area contributed by atoms with E-state index < -0.39 is 0 Å². The van der Waals surface area contributed by atoms with Crippen LogP contribution < -0.4 is 5.32 Å². The van der Waals surface area contributed by atoms with Crippen LogP contribution in [0, 0.1) is 6.92 Å². The number of benzene rings is 2. The van der Waals surface area contributed by atoms with E-state index in [-0.39, 0.29) is 5.91 Å². The molecule has 0 spiro atoms. The van der Waals surface area contributed by atoms with Gasteiger partial charge in [0.05, 0.1) is 16.4 Å². The van der Waals surface area contributed by atoms with Crippen molar-refractivity contribution in [2.75, 3.05) is 11.9 Å². The topological polar surface area (TPSA) is 72.7 Å². The number of nitrogens with zero attached hydrogens (tertiary/aromatic N) is 4. The molecule has 31 heavy (non-hydrogen) atoms. The van der Waals surface area contributed by atoms with Gasteiger partial charge < -0.3 is 5.32 Å². The molecule has 3 aromatic heterocycles. The number of imidazole rings is 1. The molecule has 0 bridgehead atoms. The standard InChI is InChI=1S/C24H21N5OS/c1-16-21(17-8-3-2-4-9-17)22-23(26-14-27-24(22)31-16)25-13-7-12-20(30)29-15-28-18-10-5-6-11-19(18)29/h2-6,8-11,14-15H,7,12-13H2,1H3,(H,25,26,27). The predicted molar refractivity (Wildman–Crippen MR) is 126 cm³/mol. The number of nitrogens with one attached hydrogen (secondary N) is 1. The van der Waals surface area contributed by atoms with Crippen LogP contribution in [0.4, 0.5) is 5.82 Å². The lowest BCUT2D eigenvalue weighted by Crippen LogP contribution is -2.12. The molecule has 6 nitrogen and oxygen atoms in total. The van der Waals surface area contributed by atoms with Gasteiger partial charge in [-0.25, -0.2) is 15.0 Å². The zero-order valence-corrected chi connectivity index (χ0v) is 17.9. The van der Waals surface area contributed by atoms with E-state index in [9.17, 15) is 4.79 Å². The number of hydrogen-bond acceptors (Lipinski definition) is 6. The largest absolute Gasteiger partial charge is 0.369 e. The van der Waals surface area contributed by atoms with E-state index in [1.165, 1.54) is 10.4 Å². The average molecular weight is 428 g/mol. The Bertz CT molecular complexity index is 1370. The third-order valence-corrected chi connectivity index (χ3v) is 6.32. The number of aryl methyl sites for hydroxylation is 1. The molecule has 7 heteroatoms. The first-order chi connectivity index (χ1) is 15.2. The van der Waals surface area contributed by atoms with Crippen molar-refractivity contribution in [3.63, 3.8) is 0 Å². The van der Waals surface area contributed by atoms with Crippen LogP contribution in [0.5, 0.6) is 0 Å². The van der Waals surface area contributed by atoms with Crippen LogP contribution in [0.1, 0.15) is 22.5 Å². The monoisotopic (exact) mass is 427 g/mol. The number of anilines is 1. The first-order valence-electron chi connectivity index (χ1n) is 10.2. The molecule has 0 aliphatic carbocycles. The van der Waals surface area contributed by atoms with Gasteiger partial charge in [-0.2, -0.15) is 0 Å². The first kappa shape index (κ1) is 19.4. The van der Waals surface area contributed by atoms with Gasteiger partial charge in [0, 0.05) is 23.4 Å². The van der Waals surface area contributed by atoms with E-state index in [0.717, 1.165) is 32.6 Å². The van der Waals surface area contributed by atoms with Crippen LogP contribution in [0.25, 0.3) is 32.4 Å². The molecule has 0 aliphatic heterocycles. The van der Waals surface area contributed by atoms with Gasteiger partial charge in [-0.15, -0.1) is 11.3 Å². The zero-order chi connectivity index (χ0) is 21.2. The number of rotatable bonds is 6. The van der Waals surface area contributed by atoms with Crippen molar-refractivity contribution in [2.24, 2.45) is 0 Å². The fraction of sp³-hybridized carbons (Fsp3) is 0.167. The van der Waals surface area contributed by atoms with Crippen molar-refractivity contribution < 1.29 is 4.79 Å². The van der Waals surface area contributed by atoms with Crippen LogP contribution >= 0.6 is 11.3 Å². The van der Waals surface area contributed by atoms with Crippen LogP contribution in [-0.2, 0) is 0 Å².